The van der Waals surface area contributed by atoms with Crippen molar-refractivity contribution >= 4 is 33.3 Å². The molecule has 1 aromatic carbocycles. The van der Waals surface area contributed by atoms with Crippen LogP contribution >= 0.6 is 15.9 Å². The van der Waals surface area contributed by atoms with Crippen LogP contribution in [0.4, 0.5) is 5.69 Å². The molecule has 0 aromatic heterocycles. The standard InChI is InChI=1S/C20H26BrNO2/c21-14-19(23)17-9-10-18-16(13-17)7-4-12-22(18)20(24)11-8-15-5-2-1-3-6-15/h9-10,13,15H,1-8,11-12,14H2. The largest absolute Gasteiger partial charge is 0.312 e. The molecule has 130 valence electrons. The second kappa shape index (κ2) is 8.28. The van der Waals surface area contributed by atoms with Gasteiger partial charge in [0, 0.05) is 24.2 Å². The van der Waals surface area contributed by atoms with Gasteiger partial charge in [-0.15, -0.1) is 0 Å². The zero-order valence-electron chi connectivity index (χ0n) is 14.2. The van der Waals surface area contributed by atoms with Crippen LogP contribution in [-0.4, -0.2) is 23.6 Å². The Bertz CT molecular complexity index is 608. The van der Waals surface area contributed by atoms with Gasteiger partial charge in [0.1, 0.15) is 0 Å². The van der Waals surface area contributed by atoms with Crippen LogP contribution in [0.3, 0.4) is 0 Å². The molecule has 3 rings (SSSR count). The normalized spacial score (nSPS) is 18.3. The van der Waals surface area contributed by atoms with Crippen LogP contribution in [0, 0.1) is 5.92 Å². The van der Waals surface area contributed by atoms with Crippen LogP contribution in [-0.2, 0) is 11.2 Å². The third-order valence-electron chi connectivity index (χ3n) is 5.43. The van der Waals surface area contributed by atoms with Gasteiger partial charge >= 0.3 is 0 Å². The molecule has 0 atom stereocenters. The third kappa shape index (κ3) is 4.08. The fourth-order valence-electron chi connectivity index (χ4n) is 4.05. The van der Waals surface area contributed by atoms with E-state index in [9.17, 15) is 9.59 Å². The first-order chi connectivity index (χ1) is 11.7. The first kappa shape index (κ1) is 17.7. The highest BCUT2D eigenvalue weighted by molar-refractivity contribution is 9.09. The highest BCUT2D eigenvalue weighted by Gasteiger charge is 2.24. The highest BCUT2D eigenvalue weighted by atomic mass is 79.9. The van der Waals surface area contributed by atoms with E-state index in [1.54, 1.807) is 0 Å². The number of aryl methyl sites for hydroxylation is 1. The maximum absolute atomic E-state index is 12.7. The van der Waals surface area contributed by atoms with Crippen LogP contribution in [0.15, 0.2) is 18.2 Å². The van der Waals surface area contributed by atoms with E-state index in [4.69, 9.17) is 0 Å². The Morgan fingerprint density at radius 3 is 2.67 bits per heavy atom. The van der Waals surface area contributed by atoms with Crippen molar-refractivity contribution in [2.24, 2.45) is 5.92 Å². The SMILES string of the molecule is O=C(CBr)c1ccc2c(c1)CCCN2C(=O)CCC1CCCCC1. The number of rotatable bonds is 5. The summed E-state index contributed by atoms with van der Waals surface area (Å²) in [5, 5.41) is 0.343. The number of carbonyl (C=O) groups is 2. The molecule has 1 fully saturated rings. The molecule has 24 heavy (non-hydrogen) atoms. The first-order valence-corrected chi connectivity index (χ1v) is 10.3. The summed E-state index contributed by atoms with van der Waals surface area (Å²) in [6.07, 6.45) is 10.2. The van der Waals surface area contributed by atoms with E-state index in [2.05, 4.69) is 15.9 Å². The summed E-state index contributed by atoms with van der Waals surface area (Å²) in [5.74, 6) is 1.09. The maximum atomic E-state index is 12.7. The van der Waals surface area contributed by atoms with Gasteiger partial charge in [-0.2, -0.15) is 0 Å². The van der Waals surface area contributed by atoms with E-state index in [1.807, 2.05) is 23.1 Å². The van der Waals surface area contributed by atoms with Gasteiger partial charge in [0.25, 0.3) is 0 Å². The lowest BCUT2D eigenvalue weighted by atomic mass is 9.86. The number of anilines is 1. The molecule has 1 aliphatic heterocycles. The van der Waals surface area contributed by atoms with Crippen molar-refractivity contribution < 1.29 is 9.59 Å². The molecule has 1 heterocycles. The van der Waals surface area contributed by atoms with Gasteiger partial charge in [-0.05, 0) is 48.9 Å². The lowest BCUT2D eigenvalue weighted by Gasteiger charge is -2.30. The minimum absolute atomic E-state index is 0.0959. The molecule has 2 aliphatic rings. The predicted molar refractivity (Wildman–Crippen MR) is 101 cm³/mol. The molecule has 0 unspecified atom stereocenters. The Hall–Kier alpha value is -1.16. The number of alkyl halides is 1. The lowest BCUT2D eigenvalue weighted by Crippen LogP contribution is -2.35. The van der Waals surface area contributed by atoms with Crippen molar-refractivity contribution in [2.45, 2.75) is 57.8 Å². The monoisotopic (exact) mass is 391 g/mol. The molecular formula is C20H26BrNO2. The number of Topliss-reactive ketones (excluding diaryl/α,β-unsaturated/α-hetero) is 1. The maximum Gasteiger partial charge on any atom is 0.226 e. The van der Waals surface area contributed by atoms with Gasteiger partial charge in [0.2, 0.25) is 5.91 Å². The molecular weight excluding hydrogens is 366 g/mol. The fourth-order valence-corrected chi connectivity index (χ4v) is 4.37. The Morgan fingerprint density at radius 2 is 1.92 bits per heavy atom. The first-order valence-electron chi connectivity index (χ1n) is 9.21. The van der Waals surface area contributed by atoms with Gasteiger partial charge in [-0.3, -0.25) is 9.59 Å². The summed E-state index contributed by atoms with van der Waals surface area (Å²) in [6, 6.07) is 5.79. The number of carbonyl (C=O) groups excluding carboxylic acids is 2. The zero-order valence-corrected chi connectivity index (χ0v) is 15.8. The van der Waals surface area contributed by atoms with Crippen LogP contribution in [0.25, 0.3) is 0 Å². The van der Waals surface area contributed by atoms with Crippen molar-refractivity contribution in [1.82, 2.24) is 0 Å². The number of nitrogens with zero attached hydrogens (tertiary/aromatic N) is 1. The molecule has 0 spiro atoms. The molecule has 0 saturated heterocycles. The molecule has 1 amide bonds. The smallest absolute Gasteiger partial charge is 0.226 e. The molecule has 1 aliphatic carbocycles. The second-order valence-electron chi connectivity index (χ2n) is 7.09. The van der Waals surface area contributed by atoms with E-state index in [0.29, 0.717) is 11.8 Å². The summed E-state index contributed by atoms with van der Waals surface area (Å²) in [5.41, 5.74) is 2.89. The van der Waals surface area contributed by atoms with Crippen molar-refractivity contribution in [3.63, 3.8) is 0 Å². The van der Waals surface area contributed by atoms with Crippen molar-refractivity contribution in [2.75, 3.05) is 16.8 Å². The van der Waals surface area contributed by atoms with Crippen molar-refractivity contribution in [1.29, 1.82) is 0 Å². The summed E-state index contributed by atoms with van der Waals surface area (Å²) in [6.45, 7) is 0.808. The summed E-state index contributed by atoms with van der Waals surface area (Å²) >= 11 is 3.23. The number of halogens is 1. The molecule has 0 bridgehead atoms. The van der Waals surface area contributed by atoms with E-state index >= 15 is 0 Å². The van der Waals surface area contributed by atoms with Crippen LogP contribution < -0.4 is 4.90 Å². The summed E-state index contributed by atoms with van der Waals surface area (Å²) in [4.78, 5) is 26.5. The number of benzene rings is 1. The number of amides is 1. The predicted octanol–water partition coefficient (Wildman–Crippen LogP) is 4.90. The van der Waals surface area contributed by atoms with E-state index < -0.39 is 0 Å². The number of fused-ring (bicyclic) bond motifs is 1. The Balaban J connectivity index is 1.67. The Morgan fingerprint density at radius 1 is 1.12 bits per heavy atom. The summed E-state index contributed by atoms with van der Waals surface area (Å²) in [7, 11) is 0. The van der Waals surface area contributed by atoms with E-state index in [-0.39, 0.29) is 11.7 Å². The second-order valence-corrected chi connectivity index (χ2v) is 7.65. The van der Waals surface area contributed by atoms with Crippen LogP contribution in [0.5, 0.6) is 0 Å². The van der Waals surface area contributed by atoms with Crippen molar-refractivity contribution in [3.8, 4) is 0 Å². The van der Waals surface area contributed by atoms with Gasteiger partial charge < -0.3 is 4.90 Å². The third-order valence-corrected chi connectivity index (χ3v) is 5.94. The quantitative estimate of drug-likeness (QED) is 0.528. The highest BCUT2D eigenvalue weighted by Crippen LogP contribution is 2.31. The molecule has 1 saturated carbocycles. The average Bonchev–Trinajstić information content (AvgIpc) is 2.65. The van der Waals surface area contributed by atoms with Gasteiger partial charge in [0.15, 0.2) is 5.78 Å². The molecule has 1 aromatic rings. The number of hydrogen-bond acceptors (Lipinski definition) is 2. The molecule has 4 heteroatoms. The average molecular weight is 392 g/mol. The van der Waals surface area contributed by atoms with Crippen LogP contribution in [0.1, 0.15) is 67.3 Å². The van der Waals surface area contributed by atoms with Crippen molar-refractivity contribution in [3.05, 3.63) is 29.3 Å². The topological polar surface area (TPSA) is 37.4 Å². The molecule has 0 N–H and O–H groups in total. The molecule has 3 nitrogen and oxygen atoms in total. The molecule has 0 radical (unpaired) electrons. The number of ketones is 1. The van der Waals surface area contributed by atoms with Crippen LogP contribution in [0.2, 0.25) is 0 Å². The fraction of sp³-hybridized carbons (Fsp3) is 0.600. The Kier molecular flexibility index (Phi) is 6.09. The zero-order chi connectivity index (χ0) is 16.9. The Labute approximate surface area is 152 Å². The van der Waals surface area contributed by atoms with E-state index in [1.165, 1.54) is 32.1 Å². The minimum atomic E-state index is 0.0959. The van der Waals surface area contributed by atoms with E-state index in [0.717, 1.165) is 48.5 Å². The number of hydrogen-bond donors (Lipinski definition) is 0. The van der Waals surface area contributed by atoms with Gasteiger partial charge in [-0.25, -0.2) is 0 Å². The minimum Gasteiger partial charge on any atom is -0.312 e. The lowest BCUT2D eigenvalue weighted by molar-refractivity contribution is -0.119. The van der Waals surface area contributed by atoms with Gasteiger partial charge in [-0.1, -0.05) is 48.0 Å². The summed E-state index contributed by atoms with van der Waals surface area (Å²) < 4.78 is 0. The van der Waals surface area contributed by atoms with Gasteiger partial charge in [0.05, 0.1) is 5.33 Å².